The van der Waals surface area contributed by atoms with Crippen LogP contribution in [0.25, 0.3) is 0 Å². The van der Waals surface area contributed by atoms with Crippen LogP contribution >= 0.6 is 0 Å². The number of phenols is 1. The van der Waals surface area contributed by atoms with Gasteiger partial charge in [-0.1, -0.05) is 0 Å². The molecule has 0 radical (unpaired) electrons. The monoisotopic (exact) mass is 245 g/mol. The lowest BCUT2D eigenvalue weighted by atomic mass is 10.1. The van der Waals surface area contributed by atoms with E-state index in [4.69, 9.17) is 0 Å². The van der Waals surface area contributed by atoms with E-state index in [0.29, 0.717) is 16.9 Å². The highest BCUT2D eigenvalue weighted by Gasteiger charge is 2.12. The van der Waals surface area contributed by atoms with Crippen molar-refractivity contribution in [3.05, 3.63) is 40.6 Å². The van der Waals surface area contributed by atoms with E-state index in [2.05, 4.69) is 15.5 Å². The van der Waals surface area contributed by atoms with Crippen molar-refractivity contribution in [2.45, 2.75) is 20.8 Å². The summed E-state index contributed by atoms with van der Waals surface area (Å²) >= 11 is 0. The van der Waals surface area contributed by atoms with Crippen molar-refractivity contribution in [1.29, 1.82) is 0 Å². The second-order valence-electron chi connectivity index (χ2n) is 4.28. The number of carbonyl (C=O) groups is 1. The van der Waals surface area contributed by atoms with Crippen LogP contribution < -0.4 is 5.32 Å². The maximum absolute atomic E-state index is 12.0. The molecular weight excluding hydrogens is 230 g/mol. The molecule has 3 N–H and O–H groups in total. The first kappa shape index (κ1) is 12.2. The number of hydrogen-bond acceptors (Lipinski definition) is 3. The third-order valence-electron chi connectivity index (χ3n) is 2.94. The third-order valence-corrected chi connectivity index (χ3v) is 2.94. The summed E-state index contributed by atoms with van der Waals surface area (Å²) in [4.78, 5) is 12.0. The van der Waals surface area contributed by atoms with Gasteiger partial charge in [0.15, 0.2) is 5.82 Å². The minimum Gasteiger partial charge on any atom is -0.508 e. The van der Waals surface area contributed by atoms with Crippen LogP contribution in [0.1, 0.15) is 27.2 Å². The minimum atomic E-state index is -0.243. The summed E-state index contributed by atoms with van der Waals surface area (Å²) < 4.78 is 0. The first-order valence-corrected chi connectivity index (χ1v) is 5.61. The summed E-state index contributed by atoms with van der Waals surface area (Å²) in [7, 11) is 0. The number of phenolic OH excluding ortho intramolecular Hbond substituents is 1. The topological polar surface area (TPSA) is 78.0 Å². The molecule has 5 heteroatoms. The van der Waals surface area contributed by atoms with Crippen molar-refractivity contribution in [2.75, 3.05) is 5.32 Å². The van der Waals surface area contributed by atoms with Crippen molar-refractivity contribution in [3.63, 3.8) is 0 Å². The van der Waals surface area contributed by atoms with Gasteiger partial charge in [0.1, 0.15) is 5.75 Å². The standard InChI is InChI=1S/C13H15N3O2/c1-7-6-10(4-5-11(7)17)13(18)14-12-8(2)9(3)15-16-12/h4-6,17H,1-3H3,(H2,14,15,16,18). The van der Waals surface area contributed by atoms with E-state index >= 15 is 0 Å². The zero-order chi connectivity index (χ0) is 13.3. The number of hydrogen-bond donors (Lipinski definition) is 3. The van der Waals surface area contributed by atoms with E-state index in [1.54, 1.807) is 19.1 Å². The van der Waals surface area contributed by atoms with Crippen molar-refractivity contribution < 1.29 is 9.90 Å². The van der Waals surface area contributed by atoms with Crippen LogP contribution in [-0.4, -0.2) is 21.2 Å². The first-order chi connectivity index (χ1) is 8.49. The second kappa shape index (κ2) is 4.52. The molecule has 94 valence electrons. The number of H-pyrrole nitrogens is 1. The number of carbonyl (C=O) groups excluding carboxylic acids is 1. The van der Waals surface area contributed by atoms with Crippen LogP contribution in [-0.2, 0) is 0 Å². The largest absolute Gasteiger partial charge is 0.508 e. The number of rotatable bonds is 2. The molecule has 0 bridgehead atoms. The Balaban J connectivity index is 2.22. The molecule has 0 spiro atoms. The van der Waals surface area contributed by atoms with Gasteiger partial charge >= 0.3 is 0 Å². The quantitative estimate of drug-likeness (QED) is 0.759. The number of anilines is 1. The Morgan fingerprint density at radius 1 is 1.33 bits per heavy atom. The van der Waals surface area contributed by atoms with Crippen molar-refractivity contribution in [3.8, 4) is 5.75 Å². The van der Waals surface area contributed by atoms with E-state index in [1.165, 1.54) is 6.07 Å². The van der Waals surface area contributed by atoms with E-state index in [0.717, 1.165) is 11.3 Å². The number of aromatic hydroxyl groups is 1. The van der Waals surface area contributed by atoms with Gasteiger partial charge < -0.3 is 10.4 Å². The Bertz CT molecular complexity index is 602. The van der Waals surface area contributed by atoms with Gasteiger partial charge in [-0.3, -0.25) is 9.89 Å². The van der Waals surface area contributed by atoms with Gasteiger partial charge in [-0.15, -0.1) is 0 Å². The average molecular weight is 245 g/mol. The number of amides is 1. The van der Waals surface area contributed by atoms with Gasteiger partial charge in [-0.2, -0.15) is 5.10 Å². The average Bonchev–Trinajstić information content (AvgIpc) is 2.64. The fourth-order valence-electron chi connectivity index (χ4n) is 1.58. The number of aryl methyl sites for hydroxylation is 2. The molecule has 2 aromatic rings. The Hall–Kier alpha value is -2.30. The van der Waals surface area contributed by atoms with Crippen LogP contribution in [0.15, 0.2) is 18.2 Å². The number of nitrogens with zero attached hydrogens (tertiary/aromatic N) is 1. The predicted octanol–water partition coefficient (Wildman–Crippen LogP) is 2.29. The van der Waals surface area contributed by atoms with Gasteiger partial charge in [0, 0.05) is 16.8 Å². The van der Waals surface area contributed by atoms with Gasteiger partial charge in [0.2, 0.25) is 0 Å². The third kappa shape index (κ3) is 2.20. The van der Waals surface area contributed by atoms with Crippen LogP contribution in [0.2, 0.25) is 0 Å². The fourth-order valence-corrected chi connectivity index (χ4v) is 1.58. The number of nitrogens with one attached hydrogen (secondary N) is 2. The van der Waals surface area contributed by atoms with Crippen LogP contribution in [0.3, 0.4) is 0 Å². The van der Waals surface area contributed by atoms with Gasteiger partial charge in [-0.25, -0.2) is 0 Å². The van der Waals surface area contributed by atoms with E-state index in [-0.39, 0.29) is 11.7 Å². The van der Waals surface area contributed by atoms with Crippen molar-refractivity contribution in [2.24, 2.45) is 0 Å². The molecule has 0 saturated heterocycles. The summed E-state index contributed by atoms with van der Waals surface area (Å²) in [6, 6.07) is 4.72. The minimum absolute atomic E-state index is 0.179. The Morgan fingerprint density at radius 2 is 2.06 bits per heavy atom. The summed E-state index contributed by atoms with van der Waals surface area (Å²) in [5.74, 6) is 0.467. The molecule has 18 heavy (non-hydrogen) atoms. The van der Waals surface area contributed by atoms with Crippen LogP contribution in [0.5, 0.6) is 5.75 Å². The zero-order valence-electron chi connectivity index (χ0n) is 10.5. The normalized spacial score (nSPS) is 10.4. The number of aromatic amines is 1. The lowest BCUT2D eigenvalue weighted by molar-refractivity contribution is 0.102. The fraction of sp³-hybridized carbons (Fsp3) is 0.231. The Kier molecular flexibility index (Phi) is 3.06. The molecule has 1 heterocycles. The summed E-state index contributed by atoms with van der Waals surface area (Å²) in [5.41, 5.74) is 2.99. The molecule has 0 fully saturated rings. The molecule has 0 aliphatic rings. The van der Waals surface area contributed by atoms with E-state index < -0.39 is 0 Å². The maximum atomic E-state index is 12.0. The highest BCUT2D eigenvalue weighted by molar-refractivity contribution is 6.04. The highest BCUT2D eigenvalue weighted by Crippen LogP contribution is 2.19. The molecule has 0 aliphatic carbocycles. The second-order valence-corrected chi connectivity index (χ2v) is 4.28. The van der Waals surface area contributed by atoms with E-state index in [1.807, 2.05) is 13.8 Å². The predicted molar refractivity (Wildman–Crippen MR) is 68.9 cm³/mol. The van der Waals surface area contributed by atoms with Gasteiger partial charge in [-0.05, 0) is 44.5 Å². The van der Waals surface area contributed by atoms with Crippen molar-refractivity contribution in [1.82, 2.24) is 10.2 Å². The molecule has 0 atom stereocenters. The summed E-state index contributed by atoms with van der Waals surface area (Å²) in [5, 5.41) is 19.0. The number of benzene rings is 1. The van der Waals surface area contributed by atoms with Crippen molar-refractivity contribution >= 4 is 11.7 Å². The molecule has 0 saturated carbocycles. The highest BCUT2D eigenvalue weighted by atomic mass is 16.3. The summed E-state index contributed by atoms with van der Waals surface area (Å²) in [6.45, 7) is 5.52. The maximum Gasteiger partial charge on any atom is 0.256 e. The molecule has 0 aliphatic heterocycles. The van der Waals surface area contributed by atoms with Crippen LogP contribution in [0, 0.1) is 20.8 Å². The summed E-state index contributed by atoms with van der Waals surface area (Å²) in [6.07, 6.45) is 0. The van der Waals surface area contributed by atoms with Crippen LogP contribution in [0.4, 0.5) is 5.82 Å². The molecule has 1 aromatic carbocycles. The first-order valence-electron chi connectivity index (χ1n) is 5.61. The number of aromatic nitrogens is 2. The molecule has 1 aromatic heterocycles. The molecule has 2 rings (SSSR count). The van der Waals surface area contributed by atoms with Gasteiger partial charge in [0.25, 0.3) is 5.91 Å². The Labute approximate surface area is 105 Å². The lowest BCUT2D eigenvalue weighted by Crippen LogP contribution is -2.13. The Morgan fingerprint density at radius 3 is 2.61 bits per heavy atom. The molecular formula is C13H15N3O2. The van der Waals surface area contributed by atoms with E-state index in [9.17, 15) is 9.90 Å². The molecule has 0 unspecified atom stereocenters. The molecule has 1 amide bonds. The van der Waals surface area contributed by atoms with Gasteiger partial charge in [0.05, 0.1) is 0 Å². The smallest absolute Gasteiger partial charge is 0.256 e. The SMILES string of the molecule is Cc1cc(C(=O)Nc2n[nH]c(C)c2C)ccc1O. The molecule has 5 nitrogen and oxygen atoms in total. The lowest BCUT2D eigenvalue weighted by Gasteiger charge is -2.05. The zero-order valence-corrected chi connectivity index (χ0v) is 10.5.